The predicted molar refractivity (Wildman–Crippen MR) is 130 cm³/mol. The van der Waals surface area contributed by atoms with E-state index in [-0.39, 0.29) is 23.8 Å². The van der Waals surface area contributed by atoms with Crippen LogP contribution in [0.4, 0.5) is 10.5 Å². The summed E-state index contributed by atoms with van der Waals surface area (Å²) in [6.45, 7) is 7.10. The van der Waals surface area contributed by atoms with Crippen molar-refractivity contribution >= 4 is 35.2 Å². The highest BCUT2D eigenvalue weighted by Gasteiger charge is 2.30. The van der Waals surface area contributed by atoms with Gasteiger partial charge in [0.05, 0.1) is 22.5 Å². The lowest BCUT2D eigenvalue weighted by Crippen LogP contribution is -2.51. The minimum atomic E-state index is -0.558. The first-order valence-corrected chi connectivity index (χ1v) is 11.8. The second kappa shape index (κ2) is 9.62. The Morgan fingerprint density at radius 1 is 1.00 bits per heavy atom. The minimum absolute atomic E-state index is 0.0182. The number of nitrogens with one attached hydrogen (secondary N) is 1. The summed E-state index contributed by atoms with van der Waals surface area (Å²) in [5.41, 5.74) is 2.07. The maximum atomic E-state index is 13.1. The zero-order valence-corrected chi connectivity index (χ0v) is 20.4. The van der Waals surface area contributed by atoms with Gasteiger partial charge in [0.15, 0.2) is 0 Å². The van der Waals surface area contributed by atoms with Gasteiger partial charge in [0.1, 0.15) is 5.60 Å². The Kier molecular flexibility index (Phi) is 6.79. The summed E-state index contributed by atoms with van der Waals surface area (Å²) in [4.78, 5) is 44.9. The van der Waals surface area contributed by atoms with Crippen molar-refractivity contribution in [2.75, 3.05) is 31.5 Å². The van der Waals surface area contributed by atoms with E-state index in [1.54, 1.807) is 34.3 Å². The fourth-order valence-electron chi connectivity index (χ4n) is 3.71. The van der Waals surface area contributed by atoms with Gasteiger partial charge in [-0.1, -0.05) is 17.7 Å². The maximum Gasteiger partial charge on any atom is 0.410 e. The molecule has 1 aromatic carbocycles. The Balaban J connectivity index is 1.40. The van der Waals surface area contributed by atoms with Crippen molar-refractivity contribution in [1.29, 1.82) is 0 Å². The van der Waals surface area contributed by atoms with E-state index >= 15 is 0 Å². The zero-order valence-electron chi connectivity index (χ0n) is 19.6. The molecule has 8 nitrogen and oxygen atoms in total. The van der Waals surface area contributed by atoms with Crippen LogP contribution in [0.3, 0.4) is 0 Å². The summed E-state index contributed by atoms with van der Waals surface area (Å²) in [5, 5.41) is 3.23. The monoisotopic (exact) mass is 484 g/mol. The molecule has 1 aliphatic heterocycles. The SMILES string of the molecule is CC(C)(C)OC(=O)N1CCN(C(=O)c2ccc(-c3cncc(NC(=O)C4CC4)c3)cc2Cl)CC1. The fraction of sp³-hybridized carbons (Fsp3) is 0.440. The van der Waals surface area contributed by atoms with E-state index in [0.717, 1.165) is 24.0 Å². The third-order valence-electron chi connectivity index (χ3n) is 5.71. The third kappa shape index (κ3) is 5.86. The van der Waals surface area contributed by atoms with Gasteiger partial charge in [-0.15, -0.1) is 0 Å². The van der Waals surface area contributed by atoms with E-state index < -0.39 is 5.60 Å². The zero-order chi connectivity index (χ0) is 24.5. The van der Waals surface area contributed by atoms with Crippen molar-refractivity contribution in [3.8, 4) is 11.1 Å². The second-order valence-electron chi connectivity index (χ2n) is 9.68. The summed E-state index contributed by atoms with van der Waals surface area (Å²) < 4.78 is 5.41. The summed E-state index contributed by atoms with van der Waals surface area (Å²) >= 11 is 6.50. The first-order valence-electron chi connectivity index (χ1n) is 11.4. The van der Waals surface area contributed by atoms with Crippen molar-refractivity contribution in [3.05, 3.63) is 47.2 Å². The molecule has 9 heteroatoms. The molecule has 0 atom stereocenters. The molecular weight excluding hydrogens is 456 g/mol. The minimum Gasteiger partial charge on any atom is -0.444 e. The van der Waals surface area contributed by atoms with Crippen LogP contribution in [-0.2, 0) is 9.53 Å². The molecule has 0 bridgehead atoms. The predicted octanol–water partition coefficient (Wildman–Crippen LogP) is 4.44. The highest BCUT2D eigenvalue weighted by molar-refractivity contribution is 6.34. The van der Waals surface area contributed by atoms with Gasteiger partial charge in [0.25, 0.3) is 5.91 Å². The average molecular weight is 485 g/mol. The van der Waals surface area contributed by atoms with E-state index in [4.69, 9.17) is 16.3 Å². The number of anilines is 1. The lowest BCUT2D eigenvalue weighted by molar-refractivity contribution is -0.117. The van der Waals surface area contributed by atoms with Gasteiger partial charge in [0, 0.05) is 43.9 Å². The van der Waals surface area contributed by atoms with Gasteiger partial charge in [-0.05, 0) is 57.4 Å². The quantitative estimate of drug-likeness (QED) is 0.692. The molecule has 1 saturated heterocycles. The number of carbonyl (C=O) groups excluding carboxylic acids is 3. The van der Waals surface area contributed by atoms with E-state index in [9.17, 15) is 14.4 Å². The molecule has 2 aromatic rings. The molecule has 0 unspecified atom stereocenters. The number of piperazine rings is 1. The number of carbonyl (C=O) groups is 3. The van der Waals surface area contributed by atoms with E-state index in [1.807, 2.05) is 32.9 Å². The number of nitrogens with zero attached hydrogens (tertiary/aromatic N) is 3. The smallest absolute Gasteiger partial charge is 0.410 e. The van der Waals surface area contributed by atoms with E-state index in [1.165, 1.54) is 0 Å². The first kappa shape index (κ1) is 24.0. The van der Waals surface area contributed by atoms with Crippen LogP contribution in [0, 0.1) is 5.92 Å². The number of amides is 3. The van der Waals surface area contributed by atoms with Crippen LogP contribution in [0.25, 0.3) is 11.1 Å². The molecule has 3 amide bonds. The van der Waals surface area contributed by atoms with Crippen molar-refractivity contribution in [2.45, 2.75) is 39.2 Å². The molecule has 2 fully saturated rings. The summed E-state index contributed by atoms with van der Waals surface area (Å²) in [6.07, 6.45) is 4.79. The van der Waals surface area contributed by atoms with Gasteiger partial charge in [-0.25, -0.2) is 4.79 Å². The Hall–Kier alpha value is -3.13. The molecule has 2 heterocycles. The number of pyridine rings is 1. The Morgan fingerprint density at radius 2 is 1.68 bits per heavy atom. The second-order valence-corrected chi connectivity index (χ2v) is 10.1. The fourth-order valence-corrected chi connectivity index (χ4v) is 3.97. The highest BCUT2D eigenvalue weighted by atomic mass is 35.5. The molecule has 2 aliphatic rings. The summed E-state index contributed by atoms with van der Waals surface area (Å²) in [6, 6.07) is 7.10. The summed E-state index contributed by atoms with van der Waals surface area (Å²) in [5.74, 6) is -0.0527. The van der Waals surface area contributed by atoms with E-state index in [2.05, 4.69) is 10.3 Å². The van der Waals surface area contributed by atoms with Crippen LogP contribution >= 0.6 is 11.6 Å². The maximum absolute atomic E-state index is 13.1. The summed E-state index contributed by atoms with van der Waals surface area (Å²) in [7, 11) is 0. The third-order valence-corrected chi connectivity index (χ3v) is 6.02. The number of aromatic nitrogens is 1. The Bertz CT molecular complexity index is 1100. The van der Waals surface area contributed by atoms with Gasteiger partial charge in [0.2, 0.25) is 5.91 Å². The van der Waals surface area contributed by atoms with Gasteiger partial charge >= 0.3 is 6.09 Å². The van der Waals surface area contributed by atoms with Crippen LogP contribution in [0.5, 0.6) is 0 Å². The highest BCUT2D eigenvalue weighted by Crippen LogP contribution is 2.31. The van der Waals surface area contributed by atoms with Gasteiger partial charge in [-0.3, -0.25) is 14.6 Å². The Morgan fingerprint density at radius 3 is 2.29 bits per heavy atom. The average Bonchev–Trinajstić information content (AvgIpc) is 3.63. The molecule has 1 aliphatic carbocycles. The van der Waals surface area contributed by atoms with Crippen LogP contribution in [0.1, 0.15) is 44.0 Å². The first-order chi connectivity index (χ1) is 16.1. The number of rotatable bonds is 4. The molecule has 1 N–H and O–H groups in total. The van der Waals surface area contributed by atoms with Crippen molar-refractivity contribution in [1.82, 2.24) is 14.8 Å². The number of hydrogen-bond acceptors (Lipinski definition) is 5. The number of ether oxygens (including phenoxy) is 1. The van der Waals surface area contributed by atoms with Crippen LogP contribution in [0.2, 0.25) is 5.02 Å². The van der Waals surface area contributed by atoms with Crippen LogP contribution < -0.4 is 5.32 Å². The normalized spacial score (nSPS) is 16.2. The van der Waals surface area contributed by atoms with Gasteiger partial charge in [-0.2, -0.15) is 0 Å². The number of benzene rings is 1. The lowest BCUT2D eigenvalue weighted by atomic mass is 10.0. The molecule has 34 heavy (non-hydrogen) atoms. The number of halogens is 1. The number of hydrogen-bond donors (Lipinski definition) is 1. The standard InChI is InChI=1S/C25H29ClN4O4/c1-25(2,3)34-24(33)30-10-8-29(9-11-30)23(32)20-7-6-17(13-21(20)26)18-12-19(15-27-14-18)28-22(31)16-4-5-16/h6-7,12-16H,4-5,8-11H2,1-3H3,(H,28,31). The Labute approximate surface area is 204 Å². The van der Waals surface area contributed by atoms with Crippen molar-refractivity contribution < 1.29 is 19.1 Å². The molecule has 1 saturated carbocycles. The van der Waals surface area contributed by atoms with Gasteiger partial charge < -0.3 is 19.9 Å². The van der Waals surface area contributed by atoms with E-state index in [0.29, 0.717) is 42.5 Å². The molecule has 4 rings (SSSR count). The molecular formula is C25H29ClN4O4. The molecule has 180 valence electrons. The molecule has 0 spiro atoms. The van der Waals surface area contributed by atoms with Crippen molar-refractivity contribution in [3.63, 3.8) is 0 Å². The molecule has 1 aromatic heterocycles. The molecule has 0 radical (unpaired) electrons. The topological polar surface area (TPSA) is 91.8 Å². The van der Waals surface area contributed by atoms with Crippen LogP contribution in [0.15, 0.2) is 36.7 Å². The lowest BCUT2D eigenvalue weighted by Gasteiger charge is -2.35. The van der Waals surface area contributed by atoms with Crippen LogP contribution in [-0.4, -0.2) is 64.5 Å². The van der Waals surface area contributed by atoms with Crippen molar-refractivity contribution in [2.24, 2.45) is 5.92 Å². The largest absolute Gasteiger partial charge is 0.444 e.